The second-order valence-electron chi connectivity index (χ2n) is 7.59. The summed E-state index contributed by atoms with van der Waals surface area (Å²) in [5.41, 5.74) is 4.76. The van der Waals surface area contributed by atoms with Crippen LogP contribution in [-0.4, -0.2) is 29.6 Å². The molecular formula is C23H18ClN5O3S. The summed E-state index contributed by atoms with van der Waals surface area (Å²) in [7, 11) is -3.52. The van der Waals surface area contributed by atoms with E-state index >= 15 is 0 Å². The Bertz CT molecular complexity index is 1620. The van der Waals surface area contributed by atoms with E-state index in [2.05, 4.69) is 20.8 Å². The Hall–Kier alpha value is -3.74. The predicted molar refractivity (Wildman–Crippen MR) is 129 cm³/mol. The maximum Gasteiger partial charge on any atom is 0.249 e. The molecule has 0 aliphatic rings. The number of anilines is 1. The fourth-order valence-electron chi connectivity index (χ4n) is 3.57. The Morgan fingerprint density at radius 3 is 2.52 bits per heavy atom. The van der Waals surface area contributed by atoms with Crippen LogP contribution in [0.3, 0.4) is 0 Å². The summed E-state index contributed by atoms with van der Waals surface area (Å²) in [5, 5.41) is 9.67. The number of benzene rings is 2. The van der Waals surface area contributed by atoms with Crippen LogP contribution in [0.15, 0.2) is 47.3 Å². The third kappa shape index (κ3) is 4.44. The largest absolute Gasteiger partial charge is 0.305 e. The highest BCUT2D eigenvalue weighted by Crippen LogP contribution is 2.37. The summed E-state index contributed by atoms with van der Waals surface area (Å²) in [6, 6.07) is 13.7. The summed E-state index contributed by atoms with van der Waals surface area (Å²) in [4.78, 5) is 24.0. The van der Waals surface area contributed by atoms with Crippen molar-refractivity contribution in [2.75, 3.05) is 11.0 Å². The summed E-state index contributed by atoms with van der Waals surface area (Å²) in [6.07, 6.45) is 1.05. The first-order chi connectivity index (χ1) is 15.6. The van der Waals surface area contributed by atoms with E-state index in [1.54, 1.807) is 37.3 Å². The molecule has 33 heavy (non-hydrogen) atoms. The molecule has 8 nitrogen and oxygen atoms in total. The van der Waals surface area contributed by atoms with Gasteiger partial charge in [-0.1, -0.05) is 23.7 Å². The van der Waals surface area contributed by atoms with Crippen molar-refractivity contribution in [3.05, 3.63) is 74.5 Å². The number of sulfonamides is 1. The van der Waals surface area contributed by atoms with E-state index < -0.39 is 10.0 Å². The minimum Gasteiger partial charge on any atom is -0.305 e. The van der Waals surface area contributed by atoms with Gasteiger partial charge >= 0.3 is 0 Å². The lowest BCUT2D eigenvalue weighted by Crippen LogP contribution is -2.11. The SMILES string of the molecule is Cc1cc(-c2nc3ccc(=O)[nH]c3nc2-c2cccc(C#N)c2C)cc(Cl)c1NS(C)(=O)=O. The van der Waals surface area contributed by atoms with Crippen molar-refractivity contribution in [3.63, 3.8) is 0 Å². The van der Waals surface area contributed by atoms with Crippen molar-refractivity contribution >= 4 is 38.5 Å². The van der Waals surface area contributed by atoms with Gasteiger partial charge in [0.05, 0.1) is 40.0 Å². The van der Waals surface area contributed by atoms with E-state index in [1.165, 1.54) is 6.07 Å². The molecule has 0 aliphatic carbocycles. The topological polar surface area (TPSA) is 129 Å². The number of H-pyrrole nitrogens is 1. The zero-order valence-corrected chi connectivity index (χ0v) is 19.5. The van der Waals surface area contributed by atoms with Crippen molar-refractivity contribution in [2.24, 2.45) is 0 Å². The standard InChI is InChI=1S/C23H18ClN5O3S/c1-12-9-15(10-17(24)20(12)29-33(3,31)32)21-22(16-6-4-5-14(11-25)13(16)2)28-23-18(26-21)7-8-19(30)27-23/h4-10,29H,1-3H3,(H,27,28,30). The molecule has 0 atom stereocenters. The van der Waals surface area contributed by atoms with Gasteiger partial charge in [0.2, 0.25) is 15.6 Å². The molecule has 0 spiro atoms. The van der Waals surface area contributed by atoms with Crippen LogP contribution in [-0.2, 0) is 10.0 Å². The Balaban J connectivity index is 2.04. The number of nitriles is 1. The molecule has 2 aromatic heterocycles. The van der Waals surface area contributed by atoms with E-state index in [4.69, 9.17) is 16.6 Å². The first kappa shape index (κ1) is 22.5. The first-order valence-corrected chi connectivity index (χ1v) is 12.0. The fourth-order valence-corrected chi connectivity index (χ4v) is 4.58. The van der Waals surface area contributed by atoms with Gasteiger partial charge < -0.3 is 4.98 Å². The summed E-state index contributed by atoms with van der Waals surface area (Å²) >= 11 is 6.44. The van der Waals surface area contributed by atoms with Crippen molar-refractivity contribution < 1.29 is 8.42 Å². The molecule has 0 saturated carbocycles. The molecule has 0 unspecified atom stereocenters. The molecule has 0 aliphatic heterocycles. The monoisotopic (exact) mass is 479 g/mol. The smallest absolute Gasteiger partial charge is 0.249 e. The molecule has 4 aromatic rings. The van der Waals surface area contributed by atoms with Crippen LogP contribution in [0.4, 0.5) is 5.69 Å². The number of fused-ring (bicyclic) bond motifs is 1. The van der Waals surface area contributed by atoms with Crippen molar-refractivity contribution in [2.45, 2.75) is 13.8 Å². The van der Waals surface area contributed by atoms with Crippen LogP contribution >= 0.6 is 11.6 Å². The fraction of sp³-hybridized carbons (Fsp3) is 0.130. The van der Waals surface area contributed by atoms with Crippen molar-refractivity contribution in [1.29, 1.82) is 5.26 Å². The lowest BCUT2D eigenvalue weighted by atomic mass is 9.96. The Kier molecular flexibility index (Phi) is 5.66. The minimum absolute atomic E-state index is 0.201. The molecular weight excluding hydrogens is 462 g/mol. The number of nitrogens with one attached hydrogen (secondary N) is 2. The Labute approximate surface area is 195 Å². The van der Waals surface area contributed by atoms with Crippen LogP contribution < -0.4 is 10.3 Å². The number of aryl methyl sites for hydroxylation is 1. The summed E-state index contributed by atoms with van der Waals surface area (Å²) in [6.45, 7) is 3.55. The molecule has 10 heteroatoms. The normalized spacial score (nSPS) is 11.4. The first-order valence-electron chi connectivity index (χ1n) is 9.77. The van der Waals surface area contributed by atoms with Crippen molar-refractivity contribution in [3.8, 4) is 28.6 Å². The number of aromatic amines is 1. The van der Waals surface area contributed by atoms with Crippen molar-refractivity contribution in [1.82, 2.24) is 15.0 Å². The summed E-state index contributed by atoms with van der Waals surface area (Å²) in [5.74, 6) is 0. The molecule has 2 heterocycles. The highest BCUT2D eigenvalue weighted by molar-refractivity contribution is 7.92. The molecule has 166 valence electrons. The van der Waals surface area contributed by atoms with E-state index in [9.17, 15) is 18.5 Å². The maximum atomic E-state index is 11.9. The van der Waals surface area contributed by atoms with Gasteiger partial charge in [0, 0.05) is 17.2 Å². The molecule has 2 N–H and O–H groups in total. The van der Waals surface area contributed by atoms with Crippen LogP contribution in [0.5, 0.6) is 0 Å². The lowest BCUT2D eigenvalue weighted by Gasteiger charge is -2.16. The molecule has 0 fully saturated rings. The van der Waals surface area contributed by atoms with Gasteiger partial charge in [0.15, 0.2) is 5.65 Å². The predicted octanol–water partition coefficient (Wildman–Crippen LogP) is 4.17. The zero-order valence-electron chi connectivity index (χ0n) is 17.9. The second kappa shape index (κ2) is 8.31. The van der Waals surface area contributed by atoms with E-state index in [0.29, 0.717) is 50.4 Å². The lowest BCUT2D eigenvalue weighted by molar-refractivity contribution is 0.607. The van der Waals surface area contributed by atoms with Gasteiger partial charge in [-0.3, -0.25) is 9.52 Å². The molecule has 0 bridgehead atoms. The van der Waals surface area contributed by atoms with Crippen LogP contribution in [0.1, 0.15) is 16.7 Å². The maximum absolute atomic E-state index is 11.9. The molecule has 4 rings (SSSR count). The number of hydrogen-bond acceptors (Lipinski definition) is 6. The number of aromatic nitrogens is 3. The summed E-state index contributed by atoms with van der Waals surface area (Å²) < 4.78 is 25.9. The highest BCUT2D eigenvalue weighted by atomic mass is 35.5. The zero-order chi connectivity index (χ0) is 23.9. The van der Waals surface area contributed by atoms with Crippen LogP contribution in [0.2, 0.25) is 5.02 Å². The molecule has 0 radical (unpaired) electrons. The van der Waals surface area contributed by atoms with Crippen LogP contribution in [0, 0.1) is 25.2 Å². The van der Waals surface area contributed by atoms with Gasteiger partial charge in [-0.15, -0.1) is 0 Å². The molecule has 0 saturated heterocycles. The quantitative estimate of drug-likeness (QED) is 0.452. The number of rotatable bonds is 4. The second-order valence-corrected chi connectivity index (χ2v) is 9.75. The Morgan fingerprint density at radius 1 is 1.09 bits per heavy atom. The van der Waals surface area contributed by atoms with Gasteiger partial charge in [-0.25, -0.2) is 18.4 Å². The average molecular weight is 480 g/mol. The third-order valence-corrected chi connectivity index (χ3v) is 5.99. The van der Waals surface area contributed by atoms with E-state index in [0.717, 1.165) is 6.26 Å². The number of hydrogen-bond donors (Lipinski definition) is 2. The third-order valence-electron chi connectivity index (χ3n) is 5.11. The van der Waals surface area contributed by atoms with Gasteiger partial charge in [-0.2, -0.15) is 5.26 Å². The van der Waals surface area contributed by atoms with Gasteiger partial charge in [0.1, 0.15) is 5.52 Å². The number of halogens is 1. The average Bonchev–Trinajstić information content (AvgIpc) is 2.75. The van der Waals surface area contributed by atoms with Gasteiger partial charge in [-0.05, 0) is 49.2 Å². The number of nitrogens with zero attached hydrogens (tertiary/aromatic N) is 3. The minimum atomic E-state index is -3.52. The number of pyridine rings is 1. The van der Waals surface area contributed by atoms with E-state index in [-0.39, 0.29) is 16.3 Å². The van der Waals surface area contributed by atoms with Crippen LogP contribution in [0.25, 0.3) is 33.7 Å². The van der Waals surface area contributed by atoms with E-state index in [1.807, 2.05) is 13.0 Å². The highest BCUT2D eigenvalue weighted by Gasteiger charge is 2.19. The molecule has 2 aromatic carbocycles. The molecule has 0 amide bonds. The van der Waals surface area contributed by atoms with Gasteiger partial charge in [0.25, 0.3) is 0 Å². The Morgan fingerprint density at radius 2 is 1.85 bits per heavy atom.